The zero-order chi connectivity index (χ0) is 49.5. The highest BCUT2D eigenvalue weighted by Crippen LogP contribution is 2.17. The molecule has 0 bridgehead atoms. The lowest BCUT2D eigenvalue weighted by atomic mass is 10.1. The molecular weight excluding hydrogens is 835 g/mol. The molecule has 406 valence electrons. The normalized spacial score (nSPS) is 11.6. The van der Waals surface area contributed by atoms with E-state index in [0.717, 1.165) is 64.9 Å². The summed E-state index contributed by atoms with van der Waals surface area (Å²) in [4.78, 5) is 34.2. The Kier molecular flexibility index (Phi) is 55.8. The number of amides is 2. The molecule has 0 aromatic heterocycles. The number of nitrogens with zero attached hydrogens (tertiary/aromatic N) is 3. The van der Waals surface area contributed by atoms with Crippen LogP contribution in [-0.4, -0.2) is 86.0 Å². The summed E-state index contributed by atoms with van der Waals surface area (Å²) in [5, 5.41) is 0. The summed E-state index contributed by atoms with van der Waals surface area (Å²) in [5.41, 5.74) is 0. The van der Waals surface area contributed by atoms with Crippen molar-refractivity contribution >= 4 is 11.8 Å². The Hall–Kier alpha value is -1.14. The highest BCUT2D eigenvalue weighted by molar-refractivity contribution is 5.76. The zero-order valence-corrected chi connectivity index (χ0v) is 47.5. The number of rotatable bonds is 58. The van der Waals surface area contributed by atoms with Gasteiger partial charge in [-0.1, -0.05) is 246 Å². The second-order valence-electron chi connectivity index (χ2n) is 21.6. The van der Waals surface area contributed by atoms with Crippen molar-refractivity contribution in [3.63, 3.8) is 0 Å². The minimum atomic E-state index is 0.423. The standard InChI is InChI=1S/C62H125N3O3/c1-6-10-14-18-22-26-36-46-56-64(57-47-37-27-23-19-15-11-7-2)61(66)51-41-32-30-34-43-53-63(55-45-40-50-60-68-5)54-44-35-31-33-42-52-62(67)65(58-48-38-28-24-20-16-12-8-3)59-49-39-29-25-21-17-13-9-4/h6-60H2,1-5H3. The van der Waals surface area contributed by atoms with E-state index < -0.39 is 0 Å². The molecule has 0 atom stereocenters. The average molecular weight is 961 g/mol. The van der Waals surface area contributed by atoms with Crippen molar-refractivity contribution in [1.82, 2.24) is 14.7 Å². The van der Waals surface area contributed by atoms with E-state index >= 15 is 0 Å². The van der Waals surface area contributed by atoms with Crippen LogP contribution >= 0.6 is 0 Å². The maximum Gasteiger partial charge on any atom is 0.222 e. The third kappa shape index (κ3) is 48.5. The van der Waals surface area contributed by atoms with Gasteiger partial charge in [0, 0.05) is 52.7 Å². The average Bonchev–Trinajstić information content (AvgIpc) is 3.34. The minimum absolute atomic E-state index is 0.423. The van der Waals surface area contributed by atoms with Crippen molar-refractivity contribution in [3.8, 4) is 0 Å². The third-order valence-electron chi connectivity index (χ3n) is 14.9. The molecule has 0 aromatic carbocycles. The number of hydrogen-bond acceptors (Lipinski definition) is 4. The molecule has 6 nitrogen and oxygen atoms in total. The second kappa shape index (κ2) is 56.8. The van der Waals surface area contributed by atoms with Crippen molar-refractivity contribution < 1.29 is 14.3 Å². The van der Waals surface area contributed by atoms with Crippen LogP contribution in [-0.2, 0) is 14.3 Å². The Balaban J connectivity index is 4.67. The van der Waals surface area contributed by atoms with E-state index in [1.165, 1.54) is 289 Å². The molecule has 0 saturated carbocycles. The molecule has 0 unspecified atom stereocenters. The first-order chi connectivity index (χ1) is 33.5. The fourth-order valence-electron chi connectivity index (χ4n) is 10.2. The van der Waals surface area contributed by atoms with Gasteiger partial charge in [0.2, 0.25) is 11.8 Å². The van der Waals surface area contributed by atoms with Crippen LogP contribution in [0.25, 0.3) is 0 Å². The van der Waals surface area contributed by atoms with E-state index in [1.807, 2.05) is 7.11 Å². The zero-order valence-electron chi connectivity index (χ0n) is 47.5. The summed E-state index contributed by atoms with van der Waals surface area (Å²) in [7, 11) is 1.82. The van der Waals surface area contributed by atoms with E-state index in [-0.39, 0.29) is 0 Å². The van der Waals surface area contributed by atoms with Gasteiger partial charge in [-0.15, -0.1) is 0 Å². The van der Waals surface area contributed by atoms with E-state index in [2.05, 4.69) is 42.4 Å². The maximum atomic E-state index is 13.5. The number of hydrogen-bond donors (Lipinski definition) is 0. The summed E-state index contributed by atoms with van der Waals surface area (Å²) < 4.78 is 5.33. The van der Waals surface area contributed by atoms with Crippen LogP contribution in [0.15, 0.2) is 0 Å². The Morgan fingerprint density at radius 3 is 0.721 bits per heavy atom. The summed E-state index contributed by atoms with van der Waals surface area (Å²) in [5.74, 6) is 0.847. The molecule has 68 heavy (non-hydrogen) atoms. The summed E-state index contributed by atoms with van der Waals surface area (Å²) in [6.07, 6.45) is 59.6. The van der Waals surface area contributed by atoms with E-state index in [4.69, 9.17) is 4.74 Å². The van der Waals surface area contributed by atoms with Crippen molar-refractivity contribution in [1.29, 1.82) is 0 Å². The van der Waals surface area contributed by atoms with E-state index in [1.54, 1.807) is 0 Å². The second-order valence-corrected chi connectivity index (χ2v) is 21.6. The van der Waals surface area contributed by atoms with Gasteiger partial charge in [0.15, 0.2) is 0 Å². The smallest absolute Gasteiger partial charge is 0.222 e. The van der Waals surface area contributed by atoms with Crippen LogP contribution in [0.4, 0.5) is 0 Å². The van der Waals surface area contributed by atoms with Crippen LogP contribution in [0.2, 0.25) is 0 Å². The Morgan fingerprint density at radius 2 is 0.471 bits per heavy atom. The number of carbonyl (C=O) groups excluding carboxylic acids is 2. The first-order valence-corrected chi connectivity index (χ1v) is 31.3. The fraction of sp³-hybridized carbons (Fsp3) is 0.968. The van der Waals surface area contributed by atoms with Gasteiger partial charge in [0.25, 0.3) is 0 Å². The molecule has 0 aliphatic rings. The van der Waals surface area contributed by atoms with Gasteiger partial charge < -0.3 is 19.4 Å². The summed E-state index contributed by atoms with van der Waals surface area (Å²) >= 11 is 0. The van der Waals surface area contributed by atoms with Gasteiger partial charge >= 0.3 is 0 Å². The molecule has 0 spiro atoms. The Labute approximate surface area is 428 Å². The van der Waals surface area contributed by atoms with Crippen LogP contribution in [0.1, 0.15) is 329 Å². The first-order valence-electron chi connectivity index (χ1n) is 31.3. The molecule has 0 aliphatic heterocycles. The van der Waals surface area contributed by atoms with Crippen molar-refractivity contribution in [2.45, 2.75) is 329 Å². The predicted molar refractivity (Wildman–Crippen MR) is 301 cm³/mol. The SMILES string of the molecule is CCCCCCCCCCN(CCCCCCCCCC)C(=O)CCCCCCCN(CCCCCCCC(=O)N(CCCCCCCCCC)CCCCCCCCCC)CCCCCOC. The van der Waals surface area contributed by atoms with Crippen molar-refractivity contribution in [2.75, 3.05) is 59.5 Å². The van der Waals surface area contributed by atoms with Crippen LogP contribution < -0.4 is 0 Å². The largest absolute Gasteiger partial charge is 0.385 e. The molecule has 0 rings (SSSR count). The summed E-state index contributed by atoms with van der Waals surface area (Å²) in [6.45, 7) is 17.6. The van der Waals surface area contributed by atoms with Crippen LogP contribution in [0.5, 0.6) is 0 Å². The molecule has 0 fully saturated rings. The molecular formula is C62H125N3O3. The minimum Gasteiger partial charge on any atom is -0.385 e. The summed E-state index contributed by atoms with van der Waals surface area (Å²) in [6, 6.07) is 0. The topological polar surface area (TPSA) is 53.1 Å². The molecule has 0 radical (unpaired) electrons. The molecule has 2 amide bonds. The first kappa shape index (κ1) is 66.9. The van der Waals surface area contributed by atoms with Crippen molar-refractivity contribution in [3.05, 3.63) is 0 Å². The van der Waals surface area contributed by atoms with Gasteiger partial charge in [0.05, 0.1) is 0 Å². The molecule has 0 N–H and O–H groups in total. The molecule has 0 saturated heterocycles. The number of unbranched alkanes of at least 4 members (excludes halogenated alkanes) is 38. The molecule has 0 heterocycles. The Morgan fingerprint density at radius 1 is 0.265 bits per heavy atom. The predicted octanol–water partition coefficient (Wildman–Crippen LogP) is 19.0. The Bertz CT molecular complexity index is 882. The maximum absolute atomic E-state index is 13.5. The third-order valence-corrected chi connectivity index (χ3v) is 14.9. The molecule has 0 aliphatic carbocycles. The van der Waals surface area contributed by atoms with Crippen molar-refractivity contribution in [2.24, 2.45) is 0 Å². The van der Waals surface area contributed by atoms with Gasteiger partial charge in [-0.2, -0.15) is 0 Å². The van der Waals surface area contributed by atoms with E-state index in [9.17, 15) is 9.59 Å². The lowest BCUT2D eigenvalue weighted by molar-refractivity contribution is -0.132. The lowest BCUT2D eigenvalue weighted by Crippen LogP contribution is -2.32. The lowest BCUT2D eigenvalue weighted by Gasteiger charge is -2.23. The fourth-order valence-corrected chi connectivity index (χ4v) is 10.2. The van der Waals surface area contributed by atoms with E-state index in [0.29, 0.717) is 11.8 Å². The number of ether oxygens (including phenoxy) is 1. The van der Waals surface area contributed by atoms with Crippen LogP contribution in [0.3, 0.4) is 0 Å². The quantitative estimate of drug-likeness (QED) is 0.0570. The van der Waals surface area contributed by atoms with Gasteiger partial charge in [-0.3, -0.25) is 9.59 Å². The monoisotopic (exact) mass is 960 g/mol. The molecule has 6 heteroatoms. The van der Waals surface area contributed by atoms with Crippen LogP contribution in [0, 0.1) is 0 Å². The number of methoxy groups -OCH3 is 1. The highest BCUT2D eigenvalue weighted by Gasteiger charge is 2.15. The molecule has 0 aromatic rings. The van der Waals surface area contributed by atoms with Gasteiger partial charge in [-0.05, 0) is 90.3 Å². The highest BCUT2D eigenvalue weighted by atomic mass is 16.5. The number of carbonyl (C=O) groups is 2. The van der Waals surface area contributed by atoms with Gasteiger partial charge in [-0.25, -0.2) is 0 Å². The van der Waals surface area contributed by atoms with Gasteiger partial charge in [0.1, 0.15) is 0 Å².